The summed E-state index contributed by atoms with van der Waals surface area (Å²) < 4.78 is 64.7. The van der Waals surface area contributed by atoms with Crippen molar-refractivity contribution in [3.63, 3.8) is 0 Å². The Hall–Kier alpha value is 1.56. The van der Waals surface area contributed by atoms with Gasteiger partial charge in [0.05, 0.1) is 0 Å². The Bertz CT molecular complexity index is 210. The molecular formula is H3CrKO8S. The van der Waals surface area contributed by atoms with Gasteiger partial charge in [0, 0.05) is 0 Å². The van der Waals surface area contributed by atoms with E-state index < -0.39 is 24.0 Å². The van der Waals surface area contributed by atoms with Gasteiger partial charge in [0.1, 0.15) is 0 Å². The molecule has 0 aliphatic rings. The fourth-order valence-electron chi connectivity index (χ4n) is 0. The molecule has 0 saturated carbocycles. The van der Waals surface area contributed by atoms with Gasteiger partial charge in [-0.25, -0.2) is 0 Å². The molecule has 0 aromatic heterocycles. The molecule has 0 aromatic carbocycles. The molecule has 0 fully saturated rings. The van der Waals surface area contributed by atoms with Gasteiger partial charge in [0.15, 0.2) is 0 Å². The molecule has 0 heterocycles. The van der Waals surface area contributed by atoms with E-state index in [0.29, 0.717) is 0 Å². The first kappa shape index (κ1) is 18.4. The van der Waals surface area contributed by atoms with Crippen molar-refractivity contribution in [3.8, 4) is 0 Å². The standard InChI is InChI=1S/Cr.K.H2O4S.H2O.3O/c;;1-5(2,3)4;;;;/h;;(H2,1,2,3,4);1H2;;;/q2*+1;;;;;-1/p-1. The van der Waals surface area contributed by atoms with Gasteiger partial charge < -0.3 is 0 Å². The Morgan fingerprint density at radius 1 is 1.18 bits per heavy atom. The minimum atomic E-state index is -5.50. The van der Waals surface area contributed by atoms with Crippen LogP contribution in [0.1, 0.15) is 0 Å². The molecule has 8 nitrogen and oxygen atoms in total. The molecule has 0 aromatic rings. The van der Waals surface area contributed by atoms with Crippen LogP contribution in [0.15, 0.2) is 0 Å². The molecule has 0 bridgehead atoms. The fourth-order valence-corrected chi connectivity index (χ4v) is 0. The van der Waals surface area contributed by atoms with E-state index in [0.717, 1.165) is 0 Å². The van der Waals surface area contributed by atoms with Crippen LogP contribution in [0.4, 0.5) is 0 Å². The number of rotatable bonds is 0. The summed E-state index contributed by atoms with van der Waals surface area (Å²) in [5, 5.41) is 0. The van der Waals surface area contributed by atoms with Crippen molar-refractivity contribution in [2.45, 2.75) is 0 Å². The van der Waals surface area contributed by atoms with Crippen LogP contribution < -0.4 is 55.5 Å². The first-order valence-corrected chi connectivity index (χ1v) is 4.91. The molecule has 0 aliphatic heterocycles. The van der Waals surface area contributed by atoms with Gasteiger partial charge in [0.25, 0.3) is 0 Å². The van der Waals surface area contributed by atoms with Crippen molar-refractivity contribution >= 4 is 10.4 Å². The summed E-state index contributed by atoms with van der Waals surface area (Å²) in [5.74, 6) is 0. The average Bonchev–Trinajstić information content (AvgIpc) is 1.12. The zero-order valence-corrected chi connectivity index (χ0v) is 10.4. The fraction of sp³-hybridized carbons (Fsp3) is 0. The number of hydrogen-bond donors (Lipinski definition) is 3. The molecule has 0 spiro atoms. The van der Waals surface area contributed by atoms with E-state index in [2.05, 4.69) is 0 Å². The van der Waals surface area contributed by atoms with Crippen LogP contribution in [0.2, 0.25) is 0 Å². The van der Waals surface area contributed by atoms with Crippen molar-refractivity contribution in [1.82, 2.24) is 0 Å². The molecule has 3 N–H and O–H groups in total. The average molecular weight is 254 g/mol. The van der Waals surface area contributed by atoms with E-state index in [9.17, 15) is 0 Å². The summed E-state index contributed by atoms with van der Waals surface area (Å²) in [4.78, 5) is 0. The molecule has 11 heavy (non-hydrogen) atoms. The Balaban J connectivity index is -0.000000107. The number of hydrogen-bond acceptors (Lipinski definition) is 5. The molecule has 0 aliphatic carbocycles. The van der Waals surface area contributed by atoms with Gasteiger partial charge in [-0.05, 0) is 0 Å². The van der Waals surface area contributed by atoms with E-state index in [1.165, 1.54) is 0 Å². The topological polar surface area (TPSA) is 152 Å². The second kappa shape index (κ2) is 7.01. The van der Waals surface area contributed by atoms with Crippen molar-refractivity contribution in [2.75, 3.05) is 0 Å². The van der Waals surface area contributed by atoms with E-state index in [1.54, 1.807) is 0 Å². The SMILES string of the molecule is O=S(=O)(O)O.[K+].[O]=[Cr](=[O])([O-])[OH]. The van der Waals surface area contributed by atoms with E-state index >= 15 is 0 Å². The quantitative estimate of drug-likeness (QED) is 0.285. The molecular weight excluding hydrogens is 251 g/mol. The molecule has 0 atom stereocenters. The van der Waals surface area contributed by atoms with Crippen LogP contribution in [0.3, 0.4) is 0 Å². The minimum absolute atomic E-state index is 0. The Kier molecular flexibility index (Phi) is 11.7. The van der Waals surface area contributed by atoms with Crippen LogP contribution in [0.5, 0.6) is 0 Å². The maximum absolute atomic E-state index is 8.74. The first-order valence-electron chi connectivity index (χ1n) is 1.38. The zero-order chi connectivity index (χ0) is 9.00. The van der Waals surface area contributed by atoms with E-state index in [4.69, 9.17) is 33.4 Å². The van der Waals surface area contributed by atoms with Gasteiger partial charge in [-0.1, -0.05) is 0 Å². The molecule has 0 amide bonds. The van der Waals surface area contributed by atoms with Crippen LogP contribution >= 0.6 is 0 Å². The molecule has 0 saturated heterocycles. The predicted molar refractivity (Wildman–Crippen MR) is 17.8 cm³/mol. The van der Waals surface area contributed by atoms with Gasteiger partial charge in [0.2, 0.25) is 0 Å². The molecule has 0 rings (SSSR count). The van der Waals surface area contributed by atoms with Crippen LogP contribution in [-0.4, -0.2) is 21.7 Å². The Morgan fingerprint density at radius 2 is 1.18 bits per heavy atom. The summed E-state index contributed by atoms with van der Waals surface area (Å²) in [6.07, 6.45) is 0. The monoisotopic (exact) mass is 254 g/mol. The molecule has 64 valence electrons. The normalized spacial score (nSPS) is 10.5. The molecule has 0 unspecified atom stereocenters. The van der Waals surface area contributed by atoms with Gasteiger partial charge >= 0.3 is 91.3 Å². The zero-order valence-electron chi connectivity index (χ0n) is 5.20. The first-order chi connectivity index (χ1) is 4.00. The van der Waals surface area contributed by atoms with Gasteiger partial charge in [-0.2, -0.15) is 8.42 Å². The maximum atomic E-state index is 8.74. The summed E-state index contributed by atoms with van der Waals surface area (Å²) in [7, 11) is -4.67. The van der Waals surface area contributed by atoms with Gasteiger partial charge in [-0.15, -0.1) is 0 Å². The predicted octanol–water partition coefficient (Wildman–Crippen LogP) is -5.63. The Morgan fingerprint density at radius 3 is 1.18 bits per heavy atom. The third kappa shape index (κ3) is 435. The van der Waals surface area contributed by atoms with Crippen LogP contribution in [-0.2, 0) is 31.6 Å². The van der Waals surface area contributed by atoms with E-state index in [1.807, 2.05) is 0 Å². The molecule has 11 heteroatoms. The van der Waals surface area contributed by atoms with Crippen LogP contribution in [0, 0.1) is 0 Å². The summed E-state index contributed by atoms with van der Waals surface area (Å²) in [5.41, 5.74) is 0. The van der Waals surface area contributed by atoms with Gasteiger partial charge in [-0.3, -0.25) is 9.11 Å². The second-order valence-electron chi connectivity index (χ2n) is 0.876. The molecule has 0 radical (unpaired) electrons. The summed E-state index contributed by atoms with van der Waals surface area (Å²) in [6.45, 7) is 0. The van der Waals surface area contributed by atoms with E-state index in [-0.39, 0.29) is 51.4 Å². The second-order valence-corrected chi connectivity index (χ2v) is 3.11. The van der Waals surface area contributed by atoms with Crippen LogP contribution in [0.25, 0.3) is 0 Å². The summed E-state index contributed by atoms with van der Waals surface area (Å²) in [6, 6.07) is 0. The van der Waals surface area contributed by atoms with Crippen molar-refractivity contribution in [1.29, 1.82) is 0 Å². The van der Waals surface area contributed by atoms with Crippen molar-refractivity contribution in [3.05, 3.63) is 0 Å². The summed E-state index contributed by atoms with van der Waals surface area (Å²) >= 11 is -5.50. The Labute approximate surface area is 107 Å². The third-order valence-electron chi connectivity index (χ3n) is 0. The van der Waals surface area contributed by atoms with Crippen molar-refractivity contribution in [2.24, 2.45) is 0 Å². The van der Waals surface area contributed by atoms with Crippen molar-refractivity contribution < 1.29 is 98.4 Å². The third-order valence-corrected chi connectivity index (χ3v) is 0.